The largest absolute Gasteiger partial charge is 0.496 e. The molecule has 28 heavy (non-hydrogen) atoms. The summed E-state index contributed by atoms with van der Waals surface area (Å²) in [6.45, 7) is 6.72. The van der Waals surface area contributed by atoms with Gasteiger partial charge in [-0.25, -0.2) is 9.59 Å². The van der Waals surface area contributed by atoms with Gasteiger partial charge in [0.05, 0.1) is 17.8 Å². The average molecular weight is 506 g/mol. The number of nitrogens with one attached hydrogen (secondary N) is 1. The number of esters is 1. The summed E-state index contributed by atoms with van der Waals surface area (Å²) in [5.41, 5.74) is -0.173. The molecule has 8 nitrogen and oxygen atoms in total. The Kier molecular flexibility index (Phi) is 8.52. The van der Waals surface area contributed by atoms with Crippen LogP contribution in [0.2, 0.25) is 0 Å². The molecule has 0 aliphatic heterocycles. The van der Waals surface area contributed by atoms with Crippen molar-refractivity contribution in [1.82, 2.24) is 10.2 Å². The number of methoxy groups -OCH3 is 2. The molecule has 0 heterocycles. The van der Waals surface area contributed by atoms with E-state index in [1.807, 2.05) is 0 Å². The smallest absolute Gasteiger partial charge is 0.410 e. The Morgan fingerprint density at radius 3 is 2.25 bits per heavy atom. The monoisotopic (exact) mass is 506 g/mol. The lowest BCUT2D eigenvalue weighted by molar-refractivity contribution is -0.145. The van der Waals surface area contributed by atoms with Crippen molar-refractivity contribution in [2.24, 2.45) is 0 Å². The first-order valence-corrected chi connectivity index (χ1v) is 9.66. The molecule has 2 unspecified atom stereocenters. The van der Waals surface area contributed by atoms with Gasteiger partial charge in [0.2, 0.25) is 5.91 Å². The van der Waals surface area contributed by atoms with Crippen molar-refractivity contribution in [3.8, 4) is 5.75 Å². The second kappa shape index (κ2) is 9.94. The van der Waals surface area contributed by atoms with Crippen molar-refractivity contribution < 1.29 is 28.6 Å². The van der Waals surface area contributed by atoms with Gasteiger partial charge < -0.3 is 19.5 Å². The van der Waals surface area contributed by atoms with E-state index < -0.39 is 35.7 Å². The predicted octanol–water partition coefficient (Wildman–Crippen LogP) is 2.89. The van der Waals surface area contributed by atoms with Gasteiger partial charge in [0.1, 0.15) is 23.4 Å². The molecule has 0 aromatic heterocycles. The minimum atomic E-state index is -1.01. The third-order valence-electron chi connectivity index (χ3n) is 3.72. The molecule has 0 radical (unpaired) electrons. The minimum Gasteiger partial charge on any atom is -0.496 e. The Bertz CT molecular complexity index is 732. The molecule has 1 aromatic rings. The molecule has 1 rings (SSSR count). The van der Waals surface area contributed by atoms with Crippen LogP contribution in [0.25, 0.3) is 0 Å². The van der Waals surface area contributed by atoms with Gasteiger partial charge in [0.25, 0.3) is 0 Å². The highest BCUT2D eigenvalue weighted by Crippen LogP contribution is 2.28. The van der Waals surface area contributed by atoms with E-state index in [2.05, 4.69) is 32.6 Å². The fourth-order valence-electron chi connectivity index (χ4n) is 2.37. The van der Waals surface area contributed by atoms with Crippen LogP contribution >= 0.6 is 22.6 Å². The van der Waals surface area contributed by atoms with Crippen molar-refractivity contribution in [2.75, 3.05) is 21.3 Å². The molecule has 0 spiro atoms. The number of amides is 2. The molecule has 1 N–H and O–H groups in total. The fraction of sp³-hybridized carbons (Fsp3) is 0.526. The lowest BCUT2D eigenvalue weighted by Crippen LogP contribution is -2.47. The Labute approximate surface area is 179 Å². The van der Waals surface area contributed by atoms with Crippen molar-refractivity contribution in [2.45, 2.75) is 45.4 Å². The molecule has 0 saturated heterocycles. The maximum absolute atomic E-state index is 12.9. The summed E-state index contributed by atoms with van der Waals surface area (Å²) in [5.74, 6) is -0.477. The molecule has 0 aliphatic rings. The average Bonchev–Trinajstić information content (AvgIpc) is 2.59. The van der Waals surface area contributed by atoms with Crippen molar-refractivity contribution >= 4 is 40.6 Å². The number of benzene rings is 1. The zero-order valence-electron chi connectivity index (χ0n) is 17.2. The van der Waals surface area contributed by atoms with Crippen LogP contribution in [0, 0.1) is 3.57 Å². The summed E-state index contributed by atoms with van der Waals surface area (Å²) in [7, 11) is 4.26. The van der Waals surface area contributed by atoms with Gasteiger partial charge >= 0.3 is 12.1 Å². The maximum Gasteiger partial charge on any atom is 0.410 e. The third-order valence-corrected chi connectivity index (χ3v) is 4.57. The van der Waals surface area contributed by atoms with Crippen molar-refractivity contribution in [3.05, 3.63) is 27.3 Å². The Morgan fingerprint density at radius 2 is 1.79 bits per heavy atom. The van der Waals surface area contributed by atoms with E-state index in [1.165, 1.54) is 26.0 Å². The summed E-state index contributed by atoms with van der Waals surface area (Å²) in [4.78, 5) is 38.4. The number of nitrogens with zero attached hydrogens (tertiary/aromatic N) is 1. The molecular weight excluding hydrogens is 479 g/mol. The second-order valence-electron chi connectivity index (χ2n) is 7.14. The molecule has 0 aliphatic carbocycles. The number of carbonyl (C=O) groups is 3. The highest BCUT2D eigenvalue weighted by atomic mass is 127. The van der Waals surface area contributed by atoms with Gasteiger partial charge in [-0.2, -0.15) is 0 Å². The van der Waals surface area contributed by atoms with Crippen LogP contribution in [0.4, 0.5) is 4.79 Å². The second-order valence-corrected chi connectivity index (χ2v) is 8.30. The number of carbonyl (C=O) groups excluding carboxylic acids is 3. The molecule has 2 atom stereocenters. The SMILES string of the molecule is COC(=O)C(C)NC(=O)C(c1ccc(OC)c(I)c1)N(C)C(=O)OC(C)(C)C. The molecule has 2 amide bonds. The van der Waals surface area contributed by atoms with Crippen LogP contribution in [0.1, 0.15) is 39.3 Å². The maximum atomic E-state index is 12.9. The first kappa shape index (κ1) is 24.0. The van der Waals surface area contributed by atoms with Gasteiger partial charge in [-0.1, -0.05) is 6.07 Å². The number of hydrogen-bond donors (Lipinski definition) is 1. The van der Waals surface area contributed by atoms with E-state index in [-0.39, 0.29) is 0 Å². The quantitative estimate of drug-likeness (QED) is 0.471. The summed E-state index contributed by atoms with van der Waals surface area (Å²) < 4.78 is 16.1. The first-order valence-electron chi connectivity index (χ1n) is 8.58. The van der Waals surface area contributed by atoms with Gasteiger partial charge in [-0.3, -0.25) is 9.69 Å². The lowest BCUT2D eigenvalue weighted by Gasteiger charge is -2.31. The van der Waals surface area contributed by atoms with Crippen molar-refractivity contribution in [1.29, 1.82) is 0 Å². The fourth-order valence-corrected chi connectivity index (χ4v) is 3.13. The lowest BCUT2D eigenvalue weighted by atomic mass is 10.0. The molecule has 0 saturated carbocycles. The molecule has 0 fully saturated rings. The Hall–Kier alpha value is -2.04. The highest BCUT2D eigenvalue weighted by molar-refractivity contribution is 14.1. The van der Waals surface area contributed by atoms with Gasteiger partial charge in [-0.15, -0.1) is 0 Å². The summed E-state index contributed by atoms with van der Waals surface area (Å²) in [6.07, 6.45) is -0.663. The van der Waals surface area contributed by atoms with E-state index in [0.717, 1.165) is 3.57 Å². The van der Waals surface area contributed by atoms with Gasteiger partial charge in [-0.05, 0) is 68.0 Å². The normalized spacial score (nSPS) is 13.1. The zero-order chi connectivity index (χ0) is 21.6. The van der Waals surface area contributed by atoms with Crippen LogP contribution in [-0.4, -0.2) is 55.8 Å². The number of likely N-dealkylation sites (N-methyl/N-ethyl adjacent to an activating group) is 1. The minimum absolute atomic E-state index is 0.535. The zero-order valence-corrected chi connectivity index (χ0v) is 19.3. The third kappa shape index (κ3) is 6.54. The van der Waals surface area contributed by atoms with Crippen LogP contribution in [-0.2, 0) is 19.1 Å². The van der Waals surface area contributed by atoms with E-state index in [1.54, 1.807) is 46.1 Å². The van der Waals surface area contributed by atoms with E-state index in [9.17, 15) is 14.4 Å². The number of ether oxygens (including phenoxy) is 3. The first-order chi connectivity index (χ1) is 12.9. The van der Waals surface area contributed by atoms with Gasteiger partial charge in [0, 0.05) is 7.05 Å². The van der Waals surface area contributed by atoms with Gasteiger partial charge in [0.15, 0.2) is 0 Å². The van der Waals surface area contributed by atoms with Crippen LogP contribution in [0.15, 0.2) is 18.2 Å². The number of hydrogen-bond acceptors (Lipinski definition) is 6. The van der Waals surface area contributed by atoms with E-state index >= 15 is 0 Å². The summed E-state index contributed by atoms with van der Waals surface area (Å²) in [6, 6.07) is 3.26. The van der Waals surface area contributed by atoms with E-state index in [4.69, 9.17) is 9.47 Å². The molecule has 9 heteroatoms. The molecule has 0 bridgehead atoms. The molecule has 1 aromatic carbocycles. The summed E-state index contributed by atoms with van der Waals surface area (Å²) in [5, 5.41) is 2.58. The van der Waals surface area contributed by atoms with E-state index in [0.29, 0.717) is 11.3 Å². The summed E-state index contributed by atoms with van der Waals surface area (Å²) >= 11 is 2.08. The van der Waals surface area contributed by atoms with Crippen LogP contribution in [0.5, 0.6) is 5.75 Å². The van der Waals surface area contributed by atoms with Crippen LogP contribution < -0.4 is 10.1 Å². The Balaban J connectivity index is 3.26. The molecular formula is C19H27IN2O6. The van der Waals surface area contributed by atoms with Crippen LogP contribution in [0.3, 0.4) is 0 Å². The number of rotatable bonds is 6. The van der Waals surface area contributed by atoms with Crippen molar-refractivity contribution in [3.63, 3.8) is 0 Å². The Morgan fingerprint density at radius 1 is 1.18 bits per heavy atom. The topological polar surface area (TPSA) is 94.2 Å². The predicted molar refractivity (Wildman–Crippen MR) is 112 cm³/mol. The standard InChI is InChI=1S/C19H27IN2O6/c1-11(17(24)27-7)21-16(23)15(22(5)18(25)28-19(2,3)4)12-8-9-14(26-6)13(20)10-12/h8-11,15H,1-7H3,(H,21,23). The number of halogens is 1. The highest BCUT2D eigenvalue weighted by Gasteiger charge is 2.33. The molecule has 156 valence electrons.